The molecule has 0 aliphatic carbocycles. The summed E-state index contributed by atoms with van der Waals surface area (Å²) in [5.41, 5.74) is 0.747. The second kappa shape index (κ2) is 5.17. The molecule has 2 nitrogen and oxygen atoms in total. The summed E-state index contributed by atoms with van der Waals surface area (Å²) in [4.78, 5) is 10.4. The molecule has 0 fully saturated rings. The monoisotopic (exact) mass is 194 g/mol. The molecule has 1 rings (SSSR count). The van der Waals surface area contributed by atoms with E-state index in [4.69, 9.17) is 0 Å². The largest absolute Gasteiger partial charge is 0.459 e. The van der Waals surface area contributed by atoms with E-state index < -0.39 is 11.8 Å². The Bertz CT molecular complexity index is 330. The van der Waals surface area contributed by atoms with Gasteiger partial charge in [-0.3, -0.25) is 4.79 Å². The van der Waals surface area contributed by atoms with Crippen molar-refractivity contribution in [1.29, 1.82) is 0 Å². The molecule has 0 saturated carbocycles. The van der Waals surface area contributed by atoms with Crippen molar-refractivity contribution in [2.75, 3.05) is 6.61 Å². The number of carbonyl (C=O) groups is 1. The smallest absolute Gasteiger partial charge is 0.303 e. The Morgan fingerprint density at radius 3 is 2.64 bits per heavy atom. The fourth-order valence-electron chi connectivity index (χ4n) is 0.942. The molecular weight excluding hydrogens is 183 g/mol. The van der Waals surface area contributed by atoms with Crippen LogP contribution in [0.5, 0.6) is 0 Å². The van der Waals surface area contributed by atoms with Gasteiger partial charge in [0.15, 0.2) is 0 Å². The van der Waals surface area contributed by atoms with E-state index in [1.165, 1.54) is 13.0 Å². The zero-order chi connectivity index (χ0) is 10.4. The first-order chi connectivity index (χ1) is 6.68. The van der Waals surface area contributed by atoms with Crippen LogP contribution in [0.25, 0.3) is 6.08 Å². The van der Waals surface area contributed by atoms with Crippen LogP contribution in [0.15, 0.2) is 36.2 Å². The second-order valence-corrected chi connectivity index (χ2v) is 2.78. The fourth-order valence-corrected chi connectivity index (χ4v) is 0.942. The lowest BCUT2D eigenvalue weighted by Crippen LogP contribution is -2.00. The molecule has 0 aromatic heterocycles. The van der Waals surface area contributed by atoms with E-state index >= 15 is 0 Å². The third kappa shape index (κ3) is 3.85. The van der Waals surface area contributed by atoms with Crippen LogP contribution in [0, 0.1) is 0 Å². The Morgan fingerprint density at radius 1 is 1.43 bits per heavy atom. The third-order valence-corrected chi connectivity index (χ3v) is 1.54. The minimum Gasteiger partial charge on any atom is -0.459 e. The molecular formula is C11H11FO2. The van der Waals surface area contributed by atoms with Crippen molar-refractivity contribution in [2.45, 2.75) is 6.92 Å². The highest BCUT2D eigenvalue weighted by atomic mass is 19.1. The Kier molecular flexibility index (Phi) is 3.85. The molecule has 3 heteroatoms. The molecule has 0 heterocycles. The van der Waals surface area contributed by atoms with Gasteiger partial charge in [-0.05, 0) is 11.6 Å². The van der Waals surface area contributed by atoms with Gasteiger partial charge in [0.1, 0.15) is 12.4 Å². The van der Waals surface area contributed by atoms with Gasteiger partial charge in [0, 0.05) is 6.92 Å². The molecule has 0 unspecified atom stereocenters. The number of benzene rings is 1. The minimum atomic E-state index is -0.485. The lowest BCUT2D eigenvalue weighted by atomic mass is 10.2. The fraction of sp³-hybridized carbons (Fsp3) is 0.182. The maximum Gasteiger partial charge on any atom is 0.303 e. The van der Waals surface area contributed by atoms with Crippen LogP contribution >= 0.6 is 0 Å². The summed E-state index contributed by atoms with van der Waals surface area (Å²) in [6.07, 6.45) is 1.34. The minimum absolute atomic E-state index is 0.301. The molecule has 0 radical (unpaired) electrons. The standard InChI is InChI=1S/C11H11FO2/c1-9(13)14-8-11(12)7-10-5-3-2-4-6-10/h2-7H,8H2,1H3/b11-7+. The zero-order valence-electron chi connectivity index (χ0n) is 7.87. The van der Waals surface area contributed by atoms with Crippen LogP contribution in [0.1, 0.15) is 12.5 Å². The molecule has 14 heavy (non-hydrogen) atoms. The van der Waals surface area contributed by atoms with E-state index in [9.17, 15) is 9.18 Å². The van der Waals surface area contributed by atoms with Crippen LogP contribution in [0.2, 0.25) is 0 Å². The van der Waals surface area contributed by atoms with Gasteiger partial charge >= 0.3 is 5.97 Å². The number of rotatable bonds is 3. The number of hydrogen-bond acceptors (Lipinski definition) is 2. The Labute approximate surface area is 82.0 Å². The quantitative estimate of drug-likeness (QED) is 0.691. The summed E-state index contributed by atoms with van der Waals surface area (Å²) in [6.45, 7) is 0.944. The van der Waals surface area contributed by atoms with Gasteiger partial charge < -0.3 is 4.74 Å². The van der Waals surface area contributed by atoms with E-state index in [2.05, 4.69) is 4.74 Å². The Balaban J connectivity index is 2.56. The van der Waals surface area contributed by atoms with Crippen LogP contribution in [-0.4, -0.2) is 12.6 Å². The zero-order valence-corrected chi connectivity index (χ0v) is 7.87. The number of carbonyl (C=O) groups excluding carboxylic acids is 1. The van der Waals surface area contributed by atoms with Crippen LogP contribution in [0.4, 0.5) is 4.39 Å². The van der Waals surface area contributed by atoms with E-state index in [0.717, 1.165) is 5.56 Å². The summed E-state index contributed by atoms with van der Waals surface area (Å²) in [6, 6.07) is 9.01. The lowest BCUT2D eigenvalue weighted by Gasteiger charge is -1.98. The van der Waals surface area contributed by atoms with Gasteiger partial charge in [0.25, 0.3) is 0 Å². The average molecular weight is 194 g/mol. The van der Waals surface area contributed by atoms with Crippen molar-refractivity contribution in [3.63, 3.8) is 0 Å². The normalized spacial score (nSPS) is 11.1. The van der Waals surface area contributed by atoms with Gasteiger partial charge in [-0.1, -0.05) is 30.3 Å². The van der Waals surface area contributed by atoms with Crippen molar-refractivity contribution < 1.29 is 13.9 Å². The van der Waals surface area contributed by atoms with Crippen molar-refractivity contribution in [1.82, 2.24) is 0 Å². The van der Waals surface area contributed by atoms with Gasteiger partial charge in [-0.25, -0.2) is 4.39 Å². The van der Waals surface area contributed by atoms with Gasteiger partial charge in [-0.2, -0.15) is 0 Å². The molecule has 0 atom stereocenters. The summed E-state index contributed by atoms with van der Waals surface area (Å²) in [5, 5.41) is 0. The molecule has 0 aliphatic rings. The molecule has 0 bridgehead atoms. The van der Waals surface area contributed by atoms with Crippen LogP contribution in [-0.2, 0) is 9.53 Å². The maximum atomic E-state index is 13.0. The number of halogens is 1. The number of hydrogen-bond donors (Lipinski definition) is 0. The van der Waals surface area contributed by atoms with Gasteiger partial charge in [0.2, 0.25) is 0 Å². The van der Waals surface area contributed by atoms with Gasteiger partial charge in [0.05, 0.1) is 0 Å². The number of esters is 1. The average Bonchev–Trinajstić information content (AvgIpc) is 2.16. The molecule has 74 valence electrons. The van der Waals surface area contributed by atoms with Crippen molar-refractivity contribution in [3.05, 3.63) is 41.7 Å². The van der Waals surface area contributed by atoms with Crippen molar-refractivity contribution in [2.24, 2.45) is 0 Å². The summed E-state index contributed by atoms with van der Waals surface area (Å²) >= 11 is 0. The first kappa shape index (κ1) is 10.4. The molecule has 0 amide bonds. The molecule has 1 aromatic carbocycles. The van der Waals surface area contributed by atoms with E-state index in [1.807, 2.05) is 18.2 Å². The number of ether oxygens (including phenoxy) is 1. The summed E-state index contributed by atoms with van der Waals surface area (Å²) < 4.78 is 17.5. The predicted molar refractivity (Wildman–Crippen MR) is 52.2 cm³/mol. The Morgan fingerprint density at radius 2 is 2.07 bits per heavy atom. The van der Waals surface area contributed by atoms with Gasteiger partial charge in [-0.15, -0.1) is 0 Å². The second-order valence-electron chi connectivity index (χ2n) is 2.78. The highest BCUT2D eigenvalue weighted by molar-refractivity contribution is 5.66. The molecule has 0 saturated heterocycles. The highest BCUT2D eigenvalue weighted by Gasteiger charge is 1.98. The maximum absolute atomic E-state index is 13.0. The molecule has 0 spiro atoms. The van der Waals surface area contributed by atoms with E-state index in [1.54, 1.807) is 12.1 Å². The summed E-state index contributed by atoms with van der Waals surface area (Å²) in [7, 11) is 0. The third-order valence-electron chi connectivity index (χ3n) is 1.54. The Hall–Kier alpha value is -1.64. The van der Waals surface area contributed by atoms with Crippen LogP contribution < -0.4 is 0 Å². The first-order valence-electron chi connectivity index (χ1n) is 4.23. The van der Waals surface area contributed by atoms with Crippen molar-refractivity contribution in [3.8, 4) is 0 Å². The molecule has 1 aromatic rings. The van der Waals surface area contributed by atoms with Crippen molar-refractivity contribution >= 4 is 12.0 Å². The molecule has 0 aliphatic heterocycles. The SMILES string of the molecule is CC(=O)OC/C(F)=C\c1ccccc1. The van der Waals surface area contributed by atoms with Crippen LogP contribution in [0.3, 0.4) is 0 Å². The topological polar surface area (TPSA) is 26.3 Å². The molecule has 0 N–H and O–H groups in total. The lowest BCUT2D eigenvalue weighted by molar-refractivity contribution is -0.140. The summed E-state index contributed by atoms with van der Waals surface area (Å²) in [5.74, 6) is -0.951. The predicted octanol–water partition coefficient (Wildman–Crippen LogP) is 2.56. The highest BCUT2D eigenvalue weighted by Crippen LogP contribution is 2.07. The van der Waals surface area contributed by atoms with E-state index in [0.29, 0.717) is 0 Å². The first-order valence-corrected chi connectivity index (χ1v) is 4.23. The van der Waals surface area contributed by atoms with E-state index in [-0.39, 0.29) is 6.61 Å².